The Morgan fingerprint density at radius 1 is 1.12 bits per heavy atom. The van der Waals surface area contributed by atoms with Gasteiger partial charge in [0.2, 0.25) is 0 Å². The van der Waals surface area contributed by atoms with Crippen molar-refractivity contribution in [1.82, 2.24) is 0 Å². The van der Waals surface area contributed by atoms with E-state index >= 15 is 0 Å². The third-order valence-electron chi connectivity index (χ3n) is 2.50. The van der Waals surface area contributed by atoms with Crippen LogP contribution in [0.2, 0.25) is 0 Å². The van der Waals surface area contributed by atoms with Gasteiger partial charge in [-0.25, -0.2) is 0 Å². The van der Waals surface area contributed by atoms with Crippen molar-refractivity contribution in [2.75, 3.05) is 5.73 Å². The summed E-state index contributed by atoms with van der Waals surface area (Å²) in [6.45, 7) is 0. The number of benzene rings is 2. The van der Waals surface area contributed by atoms with E-state index in [0.717, 1.165) is 10.0 Å². The topological polar surface area (TPSA) is 43.1 Å². The molecule has 0 aliphatic heterocycles. The fraction of sp³-hybridized carbons (Fsp3) is 0.0714. The summed E-state index contributed by atoms with van der Waals surface area (Å²) in [4.78, 5) is 12.1. The second-order valence-corrected chi connectivity index (χ2v) is 4.68. The Labute approximate surface area is 109 Å². The standard InChI is InChI=1S/C14H12BrNO/c15-13-9-11(16)6-7-12(13)14(17)8-10-4-2-1-3-5-10/h1-7,9H,8,16H2. The summed E-state index contributed by atoms with van der Waals surface area (Å²) in [6, 6.07) is 14.9. The van der Waals surface area contributed by atoms with Crippen LogP contribution in [0.15, 0.2) is 53.0 Å². The number of nitrogens with two attached hydrogens (primary N) is 1. The van der Waals surface area contributed by atoms with Gasteiger partial charge in [-0.1, -0.05) is 30.3 Å². The van der Waals surface area contributed by atoms with E-state index in [9.17, 15) is 4.79 Å². The van der Waals surface area contributed by atoms with Crippen LogP contribution in [0.3, 0.4) is 0 Å². The van der Waals surface area contributed by atoms with Crippen molar-refractivity contribution < 1.29 is 4.79 Å². The predicted octanol–water partition coefficient (Wildman–Crippen LogP) is 3.46. The molecule has 0 unspecified atom stereocenters. The van der Waals surface area contributed by atoms with E-state index in [4.69, 9.17) is 5.73 Å². The van der Waals surface area contributed by atoms with Crippen molar-refractivity contribution in [3.05, 3.63) is 64.1 Å². The first-order valence-corrected chi connectivity index (χ1v) is 6.08. The van der Waals surface area contributed by atoms with Crippen molar-refractivity contribution in [1.29, 1.82) is 0 Å². The Bertz CT molecular complexity index is 537. The normalized spacial score (nSPS) is 10.2. The van der Waals surface area contributed by atoms with Gasteiger partial charge in [-0.2, -0.15) is 0 Å². The van der Waals surface area contributed by atoms with E-state index in [1.54, 1.807) is 18.2 Å². The largest absolute Gasteiger partial charge is 0.399 e. The highest BCUT2D eigenvalue weighted by molar-refractivity contribution is 9.10. The molecule has 0 atom stereocenters. The molecule has 0 heterocycles. The zero-order valence-corrected chi connectivity index (χ0v) is 10.8. The van der Waals surface area contributed by atoms with E-state index in [0.29, 0.717) is 17.7 Å². The maximum atomic E-state index is 12.1. The Hall–Kier alpha value is -1.61. The SMILES string of the molecule is Nc1ccc(C(=O)Cc2ccccc2)c(Br)c1. The first kappa shape index (κ1) is 11.9. The monoisotopic (exact) mass is 289 g/mol. The van der Waals surface area contributed by atoms with Gasteiger partial charge in [-0.05, 0) is 39.7 Å². The van der Waals surface area contributed by atoms with E-state index < -0.39 is 0 Å². The van der Waals surface area contributed by atoms with Crippen molar-refractivity contribution >= 4 is 27.4 Å². The average molecular weight is 290 g/mol. The van der Waals surface area contributed by atoms with Gasteiger partial charge in [0.15, 0.2) is 5.78 Å². The van der Waals surface area contributed by atoms with Crippen molar-refractivity contribution in [2.45, 2.75) is 6.42 Å². The molecule has 2 N–H and O–H groups in total. The highest BCUT2D eigenvalue weighted by Gasteiger charge is 2.10. The highest BCUT2D eigenvalue weighted by Crippen LogP contribution is 2.21. The van der Waals surface area contributed by atoms with E-state index in [-0.39, 0.29) is 5.78 Å². The molecule has 17 heavy (non-hydrogen) atoms. The number of hydrogen-bond acceptors (Lipinski definition) is 2. The Kier molecular flexibility index (Phi) is 3.59. The van der Waals surface area contributed by atoms with Gasteiger partial charge in [0.1, 0.15) is 0 Å². The second kappa shape index (κ2) is 5.15. The van der Waals surface area contributed by atoms with E-state index in [1.165, 1.54) is 0 Å². The minimum atomic E-state index is 0.0862. The molecular formula is C14H12BrNO. The van der Waals surface area contributed by atoms with Crippen LogP contribution < -0.4 is 5.73 Å². The first-order valence-electron chi connectivity index (χ1n) is 5.29. The number of ketones is 1. The third kappa shape index (κ3) is 2.94. The number of carbonyl (C=O) groups excluding carboxylic acids is 1. The molecule has 0 saturated carbocycles. The van der Waals surface area contributed by atoms with Gasteiger partial charge >= 0.3 is 0 Å². The van der Waals surface area contributed by atoms with Crippen molar-refractivity contribution in [3.63, 3.8) is 0 Å². The maximum Gasteiger partial charge on any atom is 0.168 e. The third-order valence-corrected chi connectivity index (χ3v) is 3.16. The van der Waals surface area contributed by atoms with E-state index in [2.05, 4.69) is 15.9 Å². The van der Waals surface area contributed by atoms with Gasteiger partial charge in [0.25, 0.3) is 0 Å². The fourth-order valence-electron chi connectivity index (χ4n) is 1.63. The zero-order chi connectivity index (χ0) is 12.3. The van der Waals surface area contributed by atoms with Crippen molar-refractivity contribution in [2.24, 2.45) is 0 Å². The summed E-state index contributed by atoms with van der Waals surface area (Å²) >= 11 is 3.36. The molecule has 0 amide bonds. The predicted molar refractivity (Wildman–Crippen MR) is 73.0 cm³/mol. The molecule has 0 radical (unpaired) electrons. The summed E-state index contributed by atoms with van der Waals surface area (Å²) in [5.74, 6) is 0.0862. The molecule has 0 fully saturated rings. The summed E-state index contributed by atoms with van der Waals surface area (Å²) in [7, 11) is 0. The molecule has 2 aromatic rings. The van der Waals surface area contributed by atoms with Crippen LogP contribution in [0.25, 0.3) is 0 Å². The molecule has 2 nitrogen and oxygen atoms in total. The smallest absolute Gasteiger partial charge is 0.168 e. The Morgan fingerprint density at radius 2 is 1.82 bits per heavy atom. The first-order chi connectivity index (χ1) is 8.16. The number of Topliss-reactive ketones (excluding diaryl/α,β-unsaturated/α-hetero) is 1. The zero-order valence-electron chi connectivity index (χ0n) is 9.19. The average Bonchev–Trinajstić information content (AvgIpc) is 2.30. The summed E-state index contributed by atoms with van der Waals surface area (Å²) in [6.07, 6.45) is 0.406. The number of rotatable bonds is 3. The summed E-state index contributed by atoms with van der Waals surface area (Å²) in [5.41, 5.74) is 7.97. The molecule has 86 valence electrons. The summed E-state index contributed by atoms with van der Waals surface area (Å²) < 4.78 is 0.749. The molecule has 0 aromatic heterocycles. The molecule has 3 heteroatoms. The fourth-order valence-corrected chi connectivity index (χ4v) is 2.25. The summed E-state index contributed by atoms with van der Waals surface area (Å²) in [5, 5.41) is 0. The van der Waals surface area contributed by atoms with Crippen LogP contribution in [-0.2, 0) is 6.42 Å². The van der Waals surface area contributed by atoms with Gasteiger partial charge in [0, 0.05) is 22.1 Å². The maximum absolute atomic E-state index is 12.1. The van der Waals surface area contributed by atoms with Crippen LogP contribution in [-0.4, -0.2) is 5.78 Å². The lowest BCUT2D eigenvalue weighted by molar-refractivity contribution is 0.0992. The number of carbonyl (C=O) groups is 1. The second-order valence-electron chi connectivity index (χ2n) is 3.82. The molecule has 2 aromatic carbocycles. The molecular weight excluding hydrogens is 278 g/mol. The minimum absolute atomic E-state index is 0.0862. The van der Waals surface area contributed by atoms with Crippen LogP contribution in [0, 0.1) is 0 Å². The quantitative estimate of drug-likeness (QED) is 0.695. The lowest BCUT2D eigenvalue weighted by Crippen LogP contribution is -2.04. The molecule has 2 rings (SSSR count). The highest BCUT2D eigenvalue weighted by atomic mass is 79.9. The van der Waals surface area contributed by atoms with Crippen LogP contribution in [0.4, 0.5) is 5.69 Å². The van der Waals surface area contributed by atoms with Gasteiger partial charge in [0.05, 0.1) is 0 Å². The minimum Gasteiger partial charge on any atom is -0.399 e. The van der Waals surface area contributed by atoms with Crippen LogP contribution in [0.5, 0.6) is 0 Å². The van der Waals surface area contributed by atoms with Gasteiger partial charge < -0.3 is 5.73 Å². The number of anilines is 1. The molecule has 0 aliphatic carbocycles. The molecule has 0 saturated heterocycles. The van der Waals surface area contributed by atoms with Gasteiger partial charge in [-0.3, -0.25) is 4.79 Å². The lowest BCUT2D eigenvalue weighted by atomic mass is 10.0. The van der Waals surface area contributed by atoms with Crippen LogP contribution >= 0.6 is 15.9 Å². The van der Waals surface area contributed by atoms with Crippen LogP contribution in [0.1, 0.15) is 15.9 Å². The lowest BCUT2D eigenvalue weighted by Gasteiger charge is -2.05. The van der Waals surface area contributed by atoms with Crippen molar-refractivity contribution in [3.8, 4) is 0 Å². The van der Waals surface area contributed by atoms with E-state index in [1.807, 2.05) is 30.3 Å². The Balaban J connectivity index is 2.21. The number of nitrogen functional groups attached to an aromatic ring is 1. The Morgan fingerprint density at radius 3 is 2.47 bits per heavy atom. The number of hydrogen-bond donors (Lipinski definition) is 1. The molecule has 0 spiro atoms. The molecule has 0 aliphatic rings. The number of halogens is 1. The van der Waals surface area contributed by atoms with Gasteiger partial charge in [-0.15, -0.1) is 0 Å². The molecule has 0 bridgehead atoms.